The molecule has 26 heavy (non-hydrogen) atoms. The van der Waals surface area contributed by atoms with Crippen LogP contribution in [-0.4, -0.2) is 29.8 Å². The van der Waals surface area contributed by atoms with Crippen molar-refractivity contribution in [3.05, 3.63) is 69.5 Å². The van der Waals surface area contributed by atoms with E-state index in [1.807, 2.05) is 6.07 Å². The maximum Gasteiger partial charge on any atom is 0.247 e. The van der Waals surface area contributed by atoms with Crippen molar-refractivity contribution >= 4 is 35.0 Å². The van der Waals surface area contributed by atoms with E-state index < -0.39 is 6.04 Å². The molecule has 7 heteroatoms. The molecule has 1 atom stereocenters. The first-order chi connectivity index (χ1) is 12.5. The van der Waals surface area contributed by atoms with Crippen molar-refractivity contribution in [3.63, 3.8) is 0 Å². The van der Waals surface area contributed by atoms with Crippen molar-refractivity contribution in [2.45, 2.75) is 18.9 Å². The summed E-state index contributed by atoms with van der Waals surface area (Å²) >= 11 is 11.9. The van der Waals surface area contributed by atoms with Crippen molar-refractivity contribution < 1.29 is 14.0 Å². The van der Waals surface area contributed by atoms with Crippen molar-refractivity contribution in [2.75, 3.05) is 13.1 Å². The second kappa shape index (κ2) is 8.06. The van der Waals surface area contributed by atoms with E-state index in [1.54, 1.807) is 17.0 Å². The maximum absolute atomic E-state index is 13.2. The van der Waals surface area contributed by atoms with Gasteiger partial charge in [0.15, 0.2) is 0 Å². The number of benzene rings is 2. The minimum Gasteiger partial charge on any atom is -0.352 e. The third-order valence-electron chi connectivity index (χ3n) is 4.33. The minimum absolute atomic E-state index is 0.139. The van der Waals surface area contributed by atoms with Crippen LogP contribution in [0.4, 0.5) is 4.39 Å². The number of halogens is 3. The Morgan fingerprint density at radius 3 is 2.58 bits per heavy atom. The van der Waals surface area contributed by atoms with Gasteiger partial charge in [-0.25, -0.2) is 4.39 Å². The zero-order valence-corrected chi connectivity index (χ0v) is 15.4. The van der Waals surface area contributed by atoms with Crippen LogP contribution in [0.15, 0.2) is 42.5 Å². The van der Waals surface area contributed by atoms with Gasteiger partial charge in [0.1, 0.15) is 11.9 Å². The molecule has 0 radical (unpaired) electrons. The van der Waals surface area contributed by atoms with E-state index >= 15 is 0 Å². The number of amides is 2. The van der Waals surface area contributed by atoms with Gasteiger partial charge in [-0.3, -0.25) is 9.59 Å². The summed E-state index contributed by atoms with van der Waals surface area (Å²) in [6, 6.07) is 10.1. The van der Waals surface area contributed by atoms with Crippen molar-refractivity contribution in [3.8, 4) is 0 Å². The van der Waals surface area contributed by atoms with Crippen molar-refractivity contribution in [2.24, 2.45) is 0 Å². The Balaban J connectivity index is 1.74. The first-order valence-electron chi connectivity index (χ1n) is 8.22. The quantitative estimate of drug-likeness (QED) is 0.857. The lowest BCUT2D eigenvalue weighted by Gasteiger charge is -2.35. The Kier molecular flexibility index (Phi) is 5.79. The minimum atomic E-state index is -0.745. The van der Waals surface area contributed by atoms with E-state index in [9.17, 15) is 14.0 Å². The van der Waals surface area contributed by atoms with Gasteiger partial charge < -0.3 is 10.2 Å². The van der Waals surface area contributed by atoms with Crippen LogP contribution in [0.1, 0.15) is 23.6 Å². The van der Waals surface area contributed by atoms with Gasteiger partial charge in [0.25, 0.3) is 0 Å². The number of nitrogens with zero attached hydrogens (tertiary/aromatic N) is 1. The fraction of sp³-hybridized carbons (Fsp3) is 0.263. The second-order valence-electron chi connectivity index (χ2n) is 6.08. The Morgan fingerprint density at radius 2 is 1.88 bits per heavy atom. The highest BCUT2D eigenvalue weighted by molar-refractivity contribution is 6.42. The van der Waals surface area contributed by atoms with E-state index in [4.69, 9.17) is 23.2 Å². The summed E-state index contributed by atoms with van der Waals surface area (Å²) in [4.78, 5) is 26.6. The van der Waals surface area contributed by atoms with E-state index in [-0.39, 0.29) is 24.1 Å². The molecule has 0 bridgehead atoms. The second-order valence-corrected chi connectivity index (χ2v) is 6.90. The summed E-state index contributed by atoms with van der Waals surface area (Å²) in [6.45, 7) is 0.809. The number of carbonyl (C=O) groups is 2. The summed E-state index contributed by atoms with van der Waals surface area (Å²) < 4.78 is 13.2. The molecule has 136 valence electrons. The molecule has 0 aromatic heterocycles. The third kappa shape index (κ3) is 4.17. The van der Waals surface area contributed by atoms with Gasteiger partial charge in [0.05, 0.1) is 10.0 Å². The summed E-state index contributed by atoms with van der Waals surface area (Å²) in [7, 11) is 0. The number of carbonyl (C=O) groups excluding carboxylic acids is 2. The van der Waals surface area contributed by atoms with Crippen LogP contribution in [-0.2, 0) is 16.0 Å². The van der Waals surface area contributed by atoms with Crippen LogP contribution < -0.4 is 5.32 Å². The highest BCUT2D eigenvalue weighted by Crippen LogP contribution is 2.26. The average Bonchev–Trinajstić information content (AvgIpc) is 2.63. The fourth-order valence-electron chi connectivity index (χ4n) is 3.00. The largest absolute Gasteiger partial charge is 0.352 e. The molecule has 1 heterocycles. The molecule has 3 rings (SSSR count). The van der Waals surface area contributed by atoms with Crippen LogP contribution in [0.3, 0.4) is 0 Å². The Bertz CT molecular complexity index is 827. The number of nitrogens with one attached hydrogen (secondary N) is 1. The van der Waals surface area contributed by atoms with Crippen molar-refractivity contribution in [1.29, 1.82) is 0 Å². The van der Waals surface area contributed by atoms with Crippen LogP contribution in [0.5, 0.6) is 0 Å². The number of hydrogen-bond acceptors (Lipinski definition) is 2. The molecule has 2 aromatic carbocycles. The lowest BCUT2D eigenvalue weighted by Crippen LogP contribution is -2.52. The molecule has 0 aliphatic carbocycles. The van der Waals surface area contributed by atoms with Crippen LogP contribution in [0.2, 0.25) is 10.0 Å². The van der Waals surface area contributed by atoms with Gasteiger partial charge in [0, 0.05) is 19.5 Å². The molecule has 2 aromatic rings. The molecule has 1 fully saturated rings. The Morgan fingerprint density at radius 1 is 1.15 bits per heavy atom. The van der Waals surface area contributed by atoms with Gasteiger partial charge in [-0.2, -0.15) is 0 Å². The smallest absolute Gasteiger partial charge is 0.247 e. The molecule has 2 amide bonds. The summed E-state index contributed by atoms with van der Waals surface area (Å²) in [6.07, 6.45) is 0.729. The molecule has 1 aliphatic rings. The predicted octanol–water partition coefficient (Wildman–Crippen LogP) is 3.76. The lowest BCUT2D eigenvalue weighted by atomic mass is 10.0. The summed E-state index contributed by atoms with van der Waals surface area (Å²) in [5.41, 5.74) is 1.49. The van der Waals surface area contributed by atoms with E-state index in [1.165, 1.54) is 24.3 Å². The van der Waals surface area contributed by atoms with Crippen molar-refractivity contribution in [1.82, 2.24) is 10.2 Å². The zero-order valence-electron chi connectivity index (χ0n) is 13.8. The highest BCUT2D eigenvalue weighted by atomic mass is 35.5. The maximum atomic E-state index is 13.2. The summed E-state index contributed by atoms with van der Waals surface area (Å²) in [5, 5.41) is 3.67. The van der Waals surface area contributed by atoms with Crippen LogP contribution >= 0.6 is 23.2 Å². The van der Waals surface area contributed by atoms with Crippen LogP contribution in [0.25, 0.3) is 0 Å². The first kappa shape index (κ1) is 18.7. The van der Waals surface area contributed by atoms with Gasteiger partial charge in [-0.1, -0.05) is 41.4 Å². The normalized spacial score (nSPS) is 17.1. The topological polar surface area (TPSA) is 49.4 Å². The zero-order chi connectivity index (χ0) is 18.7. The Labute approximate surface area is 160 Å². The average molecular weight is 395 g/mol. The molecule has 0 spiro atoms. The standard InChI is InChI=1S/C19H17Cl2FN2O2/c20-15-7-1-12(11-16(15)21)2-8-17(25)24-10-9-23-19(26)18(24)13-3-5-14(22)6-4-13/h1,3-7,11,18H,2,8-10H2,(H,23,26). The Hall–Kier alpha value is -2.11. The van der Waals surface area contributed by atoms with E-state index in [0.29, 0.717) is 35.1 Å². The van der Waals surface area contributed by atoms with Gasteiger partial charge in [-0.15, -0.1) is 0 Å². The van der Waals surface area contributed by atoms with Gasteiger partial charge >= 0.3 is 0 Å². The first-order valence-corrected chi connectivity index (χ1v) is 8.98. The summed E-state index contributed by atoms with van der Waals surface area (Å²) in [5.74, 6) is -0.784. The highest BCUT2D eigenvalue weighted by Gasteiger charge is 2.33. The predicted molar refractivity (Wildman–Crippen MR) is 98.6 cm³/mol. The number of aryl methyl sites for hydroxylation is 1. The molecule has 1 saturated heterocycles. The molecule has 1 aliphatic heterocycles. The van der Waals surface area contributed by atoms with E-state index in [2.05, 4.69) is 5.32 Å². The fourth-order valence-corrected chi connectivity index (χ4v) is 3.32. The molecule has 4 nitrogen and oxygen atoms in total. The third-order valence-corrected chi connectivity index (χ3v) is 5.07. The van der Waals surface area contributed by atoms with Gasteiger partial charge in [-0.05, 0) is 41.8 Å². The number of piperazine rings is 1. The monoisotopic (exact) mass is 394 g/mol. The number of hydrogen-bond donors (Lipinski definition) is 1. The lowest BCUT2D eigenvalue weighted by molar-refractivity contribution is -0.143. The molecule has 0 saturated carbocycles. The molecule has 1 unspecified atom stereocenters. The number of rotatable bonds is 4. The van der Waals surface area contributed by atoms with Crippen LogP contribution in [0, 0.1) is 5.82 Å². The van der Waals surface area contributed by atoms with E-state index in [0.717, 1.165) is 5.56 Å². The van der Waals surface area contributed by atoms with Gasteiger partial charge in [0.2, 0.25) is 11.8 Å². The molecule has 1 N–H and O–H groups in total. The molecular weight excluding hydrogens is 378 g/mol. The SMILES string of the molecule is O=C1NCCN(C(=O)CCc2ccc(Cl)c(Cl)c2)C1c1ccc(F)cc1. The molecular formula is C19H17Cl2FN2O2.